The molecule has 1 amide bonds. The monoisotopic (exact) mass is 368 g/mol. The Morgan fingerprint density at radius 3 is 3.00 bits per heavy atom. The van der Waals surface area contributed by atoms with E-state index in [9.17, 15) is 9.59 Å². The first-order valence-electron chi connectivity index (χ1n) is 6.67. The first kappa shape index (κ1) is 16.0. The molecular weight excluding hydrogens is 356 g/mol. The second-order valence-corrected chi connectivity index (χ2v) is 7.82. The number of nitrogens with zero attached hydrogens (tertiary/aromatic N) is 5. The van der Waals surface area contributed by atoms with Crippen LogP contribution in [0.5, 0.6) is 0 Å². The highest BCUT2D eigenvalue weighted by Gasteiger charge is 2.10. The number of hydrogen-bond acceptors (Lipinski definition) is 9. The van der Waals surface area contributed by atoms with Crippen molar-refractivity contribution >= 4 is 50.4 Å². The Hall–Kier alpha value is -1.85. The average Bonchev–Trinajstić information content (AvgIpc) is 3.11. The zero-order chi connectivity index (χ0) is 16.4. The molecule has 3 aromatic rings. The highest BCUT2D eigenvalue weighted by atomic mass is 32.2. The molecule has 0 atom stereocenters. The van der Waals surface area contributed by atoms with Crippen LogP contribution in [0.4, 0.5) is 5.13 Å². The number of thioether (sulfide) groups is 1. The maximum absolute atomic E-state index is 12.0. The molecule has 0 saturated carbocycles. The summed E-state index contributed by atoms with van der Waals surface area (Å²) >= 11 is 4.09. The molecular formula is C12H12N6O2S3. The van der Waals surface area contributed by atoms with Gasteiger partial charge in [-0.25, -0.2) is 4.98 Å². The van der Waals surface area contributed by atoms with Gasteiger partial charge in [-0.1, -0.05) is 41.4 Å². The Kier molecular flexibility index (Phi) is 4.68. The standard InChI is InChI=1S/C12H12N6O2S3/c1-3-8(19)14-10-15-16-12(23-10)21-5-7-4-9(20)18-11(13-7)22-6(2)17-18/h4H,3,5H2,1-2H3,(H,14,15,19). The van der Waals surface area contributed by atoms with Crippen LogP contribution < -0.4 is 10.9 Å². The smallest absolute Gasteiger partial charge is 0.275 e. The van der Waals surface area contributed by atoms with E-state index >= 15 is 0 Å². The number of anilines is 1. The quantitative estimate of drug-likeness (QED) is 0.542. The summed E-state index contributed by atoms with van der Waals surface area (Å²) in [6.45, 7) is 3.61. The van der Waals surface area contributed by atoms with Gasteiger partial charge in [0.1, 0.15) is 5.01 Å². The van der Waals surface area contributed by atoms with E-state index in [2.05, 4.69) is 25.6 Å². The lowest BCUT2D eigenvalue weighted by molar-refractivity contribution is -0.115. The fourth-order valence-electron chi connectivity index (χ4n) is 1.69. The van der Waals surface area contributed by atoms with Crippen LogP contribution >= 0.6 is 34.4 Å². The number of rotatable bonds is 5. The van der Waals surface area contributed by atoms with Crippen LogP contribution in [0.1, 0.15) is 24.0 Å². The van der Waals surface area contributed by atoms with Crippen molar-refractivity contribution < 1.29 is 4.79 Å². The summed E-state index contributed by atoms with van der Waals surface area (Å²) < 4.78 is 2.01. The van der Waals surface area contributed by atoms with Gasteiger partial charge >= 0.3 is 0 Å². The van der Waals surface area contributed by atoms with Crippen molar-refractivity contribution in [2.45, 2.75) is 30.4 Å². The van der Waals surface area contributed by atoms with E-state index in [1.807, 2.05) is 6.92 Å². The molecule has 0 aliphatic heterocycles. The van der Waals surface area contributed by atoms with E-state index in [1.54, 1.807) is 6.92 Å². The third-order valence-electron chi connectivity index (χ3n) is 2.72. The van der Waals surface area contributed by atoms with Gasteiger partial charge in [0, 0.05) is 18.2 Å². The Morgan fingerprint density at radius 1 is 1.39 bits per heavy atom. The van der Waals surface area contributed by atoms with E-state index in [1.165, 1.54) is 45.0 Å². The van der Waals surface area contributed by atoms with Crippen molar-refractivity contribution in [3.8, 4) is 0 Å². The van der Waals surface area contributed by atoms with E-state index in [4.69, 9.17) is 0 Å². The lowest BCUT2D eigenvalue weighted by atomic mass is 10.4. The summed E-state index contributed by atoms with van der Waals surface area (Å²) in [7, 11) is 0. The van der Waals surface area contributed by atoms with E-state index in [-0.39, 0.29) is 11.5 Å². The molecule has 3 heterocycles. The Morgan fingerprint density at radius 2 is 2.22 bits per heavy atom. The average molecular weight is 368 g/mol. The molecule has 0 spiro atoms. The van der Waals surface area contributed by atoms with E-state index < -0.39 is 0 Å². The molecule has 0 aliphatic rings. The summed E-state index contributed by atoms with van der Waals surface area (Å²) in [5, 5.41) is 15.9. The Balaban J connectivity index is 1.71. The van der Waals surface area contributed by atoms with Crippen LogP contribution in [0.25, 0.3) is 4.96 Å². The van der Waals surface area contributed by atoms with Crippen molar-refractivity contribution in [2.75, 3.05) is 5.32 Å². The number of aryl methyl sites for hydroxylation is 1. The van der Waals surface area contributed by atoms with Gasteiger partial charge in [0.25, 0.3) is 5.56 Å². The lowest BCUT2D eigenvalue weighted by Gasteiger charge is -1.98. The fraction of sp³-hybridized carbons (Fsp3) is 0.333. The molecule has 0 saturated heterocycles. The van der Waals surface area contributed by atoms with Gasteiger partial charge in [0.05, 0.1) is 5.69 Å². The van der Waals surface area contributed by atoms with Gasteiger partial charge in [-0.3, -0.25) is 9.59 Å². The molecule has 0 aliphatic carbocycles. The van der Waals surface area contributed by atoms with Crippen LogP contribution in [0.3, 0.4) is 0 Å². The molecule has 0 unspecified atom stereocenters. The highest BCUT2D eigenvalue weighted by molar-refractivity contribution is 8.00. The largest absolute Gasteiger partial charge is 0.301 e. The third kappa shape index (κ3) is 3.74. The molecule has 3 aromatic heterocycles. The third-order valence-corrected chi connectivity index (χ3v) is 5.55. The van der Waals surface area contributed by atoms with Gasteiger partial charge in [-0.15, -0.1) is 10.2 Å². The van der Waals surface area contributed by atoms with Gasteiger partial charge in [-0.2, -0.15) is 9.61 Å². The predicted molar refractivity (Wildman–Crippen MR) is 90.3 cm³/mol. The summed E-state index contributed by atoms with van der Waals surface area (Å²) in [5.41, 5.74) is 0.473. The maximum atomic E-state index is 12.0. The van der Waals surface area contributed by atoms with Crippen molar-refractivity contribution in [3.05, 3.63) is 27.1 Å². The summed E-state index contributed by atoms with van der Waals surface area (Å²) in [4.78, 5) is 28.3. The van der Waals surface area contributed by atoms with Gasteiger partial charge in [0.2, 0.25) is 16.0 Å². The van der Waals surface area contributed by atoms with Crippen LogP contribution in [0, 0.1) is 6.92 Å². The van der Waals surface area contributed by atoms with Crippen LogP contribution in [-0.2, 0) is 10.5 Å². The normalized spacial score (nSPS) is 11.0. The number of fused-ring (bicyclic) bond motifs is 1. The minimum atomic E-state index is -0.192. The number of carbonyl (C=O) groups excluding carboxylic acids is 1. The lowest BCUT2D eigenvalue weighted by Crippen LogP contribution is -2.15. The van der Waals surface area contributed by atoms with Crippen molar-refractivity contribution in [2.24, 2.45) is 0 Å². The van der Waals surface area contributed by atoms with Crippen molar-refractivity contribution in [3.63, 3.8) is 0 Å². The maximum Gasteiger partial charge on any atom is 0.275 e. The Bertz CT molecular complexity index is 915. The zero-order valence-corrected chi connectivity index (χ0v) is 14.7. The first-order chi connectivity index (χ1) is 11.0. The number of nitrogens with one attached hydrogen (secondary N) is 1. The molecule has 1 N–H and O–H groups in total. The summed E-state index contributed by atoms with van der Waals surface area (Å²) in [6, 6.07) is 1.47. The first-order valence-corrected chi connectivity index (χ1v) is 9.29. The minimum Gasteiger partial charge on any atom is -0.301 e. The molecule has 0 radical (unpaired) electrons. The van der Waals surface area contributed by atoms with Gasteiger partial charge < -0.3 is 5.32 Å². The van der Waals surface area contributed by atoms with Crippen molar-refractivity contribution in [1.29, 1.82) is 0 Å². The molecule has 8 nitrogen and oxygen atoms in total. The second kappa shape index (κ2) is 6.72. The Labute approximate surface area is 143 Å². The van der Waals surface area contributed by atoms with Gasteiger partial charge in [0.15, 0.2) is 4.34 Å². The molecule has 0 bridgehead atoms. The minimum absolute atomic E-state index is 0.0987. The van der Waals surface area contributed by atoms with Crippen LogP contribution in [0.15, 0.2) is 15.2 Å². The topological polar surface area (TPSA) is 102 Å². The van der Waals surface area contributed by atoms with E-state index in [0.717, 1.165) is 5.01 Å². The van der Waals surface area contributed by atoms with E-state index in [0.29, 0.717) is 32.3 Å². The molecule has 11 heteroatoms. The summed E-state index contributed by atoms with van der Waals surface area (Å²) in [6.07, 6.45) is 0.393. The molecule has 3 rings (SSSR count). The highest BCUT2D eigenvalue weighted by Crippen LogP contribution is 2.27. The molecule has 0 aromatic carbocycles. The SMILES string of the molecule is CCC(=O)Nc1nnc(SCc2cc(=O)n3nc(C)sc3n2)s1. The molecule has 120 valence electrons. The molecule has 23 heavy (non-hydrogen) atoms. The number of hydrogen-bond donors (Lipinski definition) is 1. The number of amides is 1. The zero-order valence-electron chi connectivity index (χ0n) is 12.3. The van der Waals surface area contributed by atoms with Crippen molar-refractivity contribution in [1.82, 2.24) is 24.8 Å². The second-order valence-electron chi connectivity index (χ2n) is 4.46. The molecule has 0 fully saturated rings. The van der Waals surface area contributed by atoms with Crippen LogP contribution in [0.2, 0.25) is 0 Å². The number of aromatic nitrogens is 5. The fourth-order valence-corrected chi connectivity index (χ4v) is 4.12. The summed E-state index contributed by atoms with van der Waals surface area (Å²) in [5.74, 6) is 0.400. The predicted octanol–water partition coefficient (Wildman–Crippen LogP) is 1.95. The number of carbonyl (C=O) groups is 1. The van der Waals surface area contributed by atoms with Gasteiger partial charge in [-0.05, 0) is 6.92 Å². The van der Waals surface area contributed by atoms with Crippen LogP contribution in [-0.4, -0.2) is 30.7 Å².